The van der Waals surface area contributed by atoms with Crippen LogP contribution in [0.5, 0.6) is 5.75 Å². The Labute approximate surface area is 196 Å². The van der Waals surface area contributed by atoms with E-state index < -0.39 is 16.1 Å². The van der Waals surface area contributed by atoms with Crippen molar-refractivity contribution >= 4 is 21.8 Å². The van der Waals surface area contributed by atoms with Gasteiger partial charge in [-0.1, -0.05) is 37.3 Å². The lowest BCUT2D eigenvalue weighted by Crippen LogP contribution is -2.48. The van der Waals surface area contributed by atoms with Crippen molar-refractivity contribution in [2.75, 3.05) is 27.7 Å². The highest BCUT2D eigenvalue weighted by Crippen LogP contribution is 2.18. The second-order valence-electron chi connectivity index (χ2n) is 7.65. The highest BCUT2D eigenvalue weighted by molar-refractivity contribution is 7.89. The number of methoxy groups -OCH3 is 1. The third-order valence-corrected chi connectivity index (χ3v) is 7.33. The largest absolute Gasteiger partial charge is 0.497 e. The van der Waals surface area contributed by atoms with Crippen LogP contribution in [-0.4, -0.2) is 63.2 Å². The molecular formula is C24H33N3O5S. The van der Waals surface area contributed by atoms with Crippen molar-refractivity contribution in [1.29, 1.82) is 0 Å². The molecule has 180 valence electrons. The number of hydrogen-bond donors (Lipinski definition) is 1. The molecule has 0 saturated heterocycles. The van der Waals surface area contributed by atoms with Gasteiger partial charge in [-0.3, -0.25) is 9.59 Å². The number of ether oxygens (including phenoxy) is 1. The molecule has 0 heterocycles. The van der Waals surface area contributed by atoms with E-state index in [0.717, 1.165) is 5.56 Å². The fraction of sp³-hybridized carbons (Fsp3) is 0.417. The molecule has 2 rings (SSSR count). The third kappa shape index (κ3) is 7.03. The fourth-order valence-corrected chi connectivity index (χ4v) is 4.73. The fourth-order valence-electron chi connectivity index (χ4n) is 3.50. The van der Waals surface area contributed by atoms with Gasteiger partial charge in [0.05, 0.1) is 12.0 Å². The Morgan fingerprint density at radius 1 is 1.06 bits per heavy atom. The molecule has 0 aromatic heterocycles. The zero-order chi connectivity index (χ0) is 24.4. The minimum absolute atomic E-state index is 0.123. The number of likely N-dealkylation sites (N-methyl/N-ethyl adjacent to an activating group) is 1. The van der Waals surface area contributed by atoms with Gasteiger partial charge in [-0.05, 0) is 42.7 Å². The Morgan fingerprint density at radius 2 is 1.70 bits per heavy atom. The molecule has 1 N–H and O–H groups in total. The first-order chi connectivity index (χ1) is 15.7. The monoisotopic (exact) mass is 475 g/mol. The average molecular weight is 476 g/mol. The molecule has 0 saturated carbocycles. The lowest BCUT2D eigenvalue weighted by molar-refractivity contribution is -0.141. The number of nitrogens with zero attached hydrogens (tertiary/aromatic N) is 2. The Morgan fingerprint density at radius 3 is 2.24 bits per heavy atom. The van der Waals surface area contributed by atoms with Crippen molar-refractivity contribution in [3.05, 3.63) is 60.2 Å². The van der Waals surface area contributed by atoms with E-state index >= 15 is 0 Å². The number of nitrogens with one attached hydrogen (secondary N) is 1. The topological polar surface area (TPSA) is 96.0 Å². The molecule has 8 nitrogen and oxygen atoms in total. The van der Waals surface area contributed by atoms with E-state index in [1.165, 1.54) is 11.4 Å². The quantitative estimate of drug-likeness (QED) is 0.509. The van der Waals surface area contributed by atoms with E-state index in [2.05, 4.69) is 5.32 Å². The van der Waals surface area contributed by atoms with Crippen LogP contribution in [-0.2, 0) is 26.2 Å². The minimum Gasteiger partial charge on any atom is -0.497 e. The highest BCUT2D eigenvalue weighted by atomic mass is 32.2. The Hall–Kier alpha value is -2.91. The van der Waals surface area contributed by atoms with E-state index in [9.17, 15) is 18.0 Å². The summed E-state index contributed by atoms with van der Waals surface area (Å²) >= 11 is 0. The first-order valence-electron chi connectivity index (χ1n) is 10.9. The first-order valence-corrected chi connectivity index (χ1v) is 12.3. The lowest BCUT2D eigenvalue weighted by atomic mass is 10.1. The van der Waals surface area contributed by atoms with Crippen LogP contribution in [0.2, 0.25) is 0 Å². The molecule has 2 amide bonds. The molecule has 0 bridgehead atoms. The molecule has 0 fully saturated rings. The van der Waals surface area contributed by atoms with Crippen LogP contribution in [0.4, 0.5) is 0 Å². The molecule has 0 aliphatic carbocycles. The average Bonchev–Trinajstić information content (AvgIpc) is 2.84. The van der Waals surface area contributed by atoms with Gasteiger partial charge in [-0.25, -0.2) is 12.7 Å². The third-order valence-electron chi connectivity index (χ3n) is 5.46. The zero-order valence-electron chi connectivity index (χ0n) is 19.7. The number of hydrogen-bond acceptors (Lipinski definition) is 5. The van der Waals surface area contributed by atoms with Crippen LogP contribution in [0.15, 0.2) is 59.5 Å². The summed E-state index contributed by atoms with van der Waals surface area (Å²) in [6.07, 6.45) is 0.923. The van der Waals surface area contributed by atoms with Crippen molar-refractivity contribution < 1.29 is 22.7 Å². The second-order valence-corrected chi connectivity index (χ2v) is 9.70. The number of rotatable bonds is 12. The van der Waals surface area contributed by atoms with Crippen LogP contribution >= 0.6 is 0 Å². The van der Waals surface area contributed by atoms with Gasteiger partial charge in [0, 0.05) is 33.6 Å². The summed E-state index contributed by atoms with van der Waals surface area (Å²) in [6.45, 7) is 2.32. The van der Waals surface area contributed by atoms with E-state index in [-0.39, 0.29) is 36.2 Å². The molecule has 33 heavy (non-hydrogen) atoms. The van der Waals surface area contributed by atoms with Crippen molar-refractivity contribution in [3.8, 4) is 5.75 Å². The van der Waals surface area contributed by atoms with Crippen molar-refractivity contribution in [2.24, 2.45) is 0 Å². The normalized spacial score (nSPS) is 12.3. The van der Waals surface area contributed by atoms with Gasteiger partial charge in [0.2, 0.25) is 21.8 Å². The first kappa shape index (κ1) is 26.3. The molecular weight excluding hydrogens is 442 g/mol. The number of benzene rings is 2. The molecule has 9 heteroatoms. The van der Waals surface area contributed by atoms with E-state index in [0.29, 0.717) is 18.6 Å². The Balaban J connectivity index is 2.09. The number of sulfonamides is 1. The highest BCUT2D eigenvalue weighted by Gasteiger charge is 2.28. The summed E-state index contributed by atoms with van der Waals surface area (Å²) in [5.41, 5.74) is 0.871. The SMILES string of the molecule is CC[C@H](C(=O)NC)N(Cc1ccc(OC)cc1)C(=O)CCCN(C)S(=O)(=O)c1ccccc1. The van der Waals surface area contributed by atoms with Crippen molar-refractivity contribution in [3.63, 3.8) is 0 Å². The molecule has 0 unspecified atom stereocenters. The smallest absolute Gasteiger partial charge is 0.242 e. The standard InChI is InChI=1S/C24H33N3O5S/c1-5-22(24(29)25-2)27(18-19-13-15-20(32-4)16-14-19)23(28)12-9-17-26(3)33(30,31)21-10-7-6-8-11-21/h6-8,10-11,13-16,22H,5,9,12,17-18H2,1-4H3,(H,25,29)/t22-/m1/s1. The summed E-state index contributed by atoms with van der Waals surface area (Å²) in [5, 5.41) is 2.63. The summed E-state index contributed by atoms with van der Waals surface area (Å²) in [7, 11) is 1.01. The van der Waals surface area contributed by atoms with Gasteiger partial charge >= 0.3 is 0 Å². The Bertz CT molecular complexity index is 1010. The van der Waals surface area contributed by atoms with Gasteiger partial charge < -0.3 is 15.0 Å². The Kier molecular flexibility index (Phi) is 9.87. The lowest BCUT2D eigenvalue weighted by Gasteiger charge is -2.30. The summed E-state index contributed by atoms with van der Waals surface area (Å²) in [4.78, 5) is 27.4. The molecule has 2 aromatic rings. The summed E-state index contributed by atoms with van der Waals surface area (Å²) < 4.78 is 31.8. The van der Waals surface area contributed by atoms with Gasteiger partial charge in [0.1, 0.15) is 11.8 Å². The molecule has 0 radical (unpaired) electrons. The van der Waals surface area contributed by atoms with Gasteiger partial charge in [0.25, 0.3) is 0 Å². The van der Waals surface area contributed by atoms with Crippen LogP contribution < -0.4 is 10.1 Å². The summed E-state index contributed by atoms with van der Waals surface area (Å²) in [6, 6.07) is 14.9. The maximum absolute atomic E-state index is 13.1. The predicted molar refractivity (Wildman–Crippen MR) is 127 cm³/mol. The van der Waals surface area contributed by atoms with Crippen LogP contribution in [0.3, 0.4) is 0 Å². The van der Waals surface area contributed by atoms with Gasteiger partial charge in [-0.15, -0.1) is 0 Å². The van der Waals surface area contributed by atoms with E-state index in [4.69, 9.17) is 4.74 Å². The van der Waals surface area contributed by atoms with E-state index in [1.807, 2.05) is 31.2 Å². The molecule has 0 spiro atoms. The maximum atomic E-state index is 13.1. The van der Waals surface area contributed by atoms with Gasteiger partial charge in [-0.2, -0.15) is 0 Å². The molecule has 0 aliphatic heterocycles. The van der Waals surface area contributed by atoms with Crippen LogP contribution in [0.25, 0.3) is 0 Å². The van der Waals surface area contributed by atoms with Crippen molar-refractivity contribution in [1.82, 2.24) is 14.5 Å². The summed E-state index contributed by atoms with van der Waals surface area (Å²) in [5.74, 6) is 0.271. The number of carbonyl (C=O) groups is 2. The molecule has 0 aliphatic rings. The van der Waals surface area contributed by atoms with Crippen LogP contribution in [0.1, 0.15) is 31.7 Å². The zero-order valence-corrected chi connectivity index (χ0v) is 20.5. The molecule has 1 atom stereocenters. The van der Waals surface area contributed by atoms with E-state index in [1.54, 1.807) is 49.4 Å². The van der Waals surface area contributed by atoms with Crippen molar-refractivity contribution in [2.45, 2.75) is 43.7 Å². The van der Waals surface area contributed by atoms with Gasteiger partial charge in [0.15, 0.2) is 0 Å². The molecule has 2 aromatic carbocycles. The number of carbonyl (C=O) groups excluding carboxylic acids is 2. The minimum atomic E-state index is -3.62. The number of amides is 2. The van der Waals surface area contributed by atoms with Crippen LogP contribution in [0, 0.1) is 0 Å². The maximum Gasteiger partial charge on any atom is 0.242 e. The predicted octanol–water partition coefficient (Wildman–Crippen LogP) is 2.65. The second kappa shape index (κ2) is 12.4.